The van der Waals surface area contributed by atoms with Crippen LogP contribution in [0.15, 0.2) is 12.1 Å². The first kappa shape index (κ1) is 12.5. The molecule has 3 nitrogen and oxygen atoms in total. The molecule has 1 amide bonds. The van der Waals surface area contributed by atoms with E-state index >= 15 is 0 Å². The second kappa shape index (κ2) is 5.49. The highest BCUT2D eigenvalue weighted by Crippen LogP contribution is 2.28. The van der Waals surface area contributed by atoms with Crippen LogP contribution in [-0.4, -0.2) is 18.5 Å². The fourth-order valence-corrected chi connectivity index (χ4v) is 2.23. The molecule has 0 aliphatic rings. The Kier molecular flexibility index (Phi) is 4.57. The van der Waals surface area contributed by atoms with Crippen molar-refractivity contribution in [1.29, 1.82) is 0 Å². The number of amides is 1. The molecule has 1 unspecified atom stereocenters. The molecule has 2 atom stereocenters. The van der Waals surface area contributed by atoms with E-state index in [9.17, 15) is 4.79 Å². The minimum atomic E-state index is -0.170. The number of hydrogen-bond donors (Lipinski definition) is 2. The fraction of sp³-hybridized carbons (Fsp3) is 0.500. The number of hydrogen-bond acceptors (Lipinski definition) is 3. The predicted molar refractivity (Wildman–Crippen MR) is 64.4 cm³/mol. The van der Waals surface area contributed by atoms with Crippen LogP contribution in [0.2, 0.25) is 4.34 Å². The standard InChI is InChI=1S/C10H15ClN2OS/c1-6(5-12)13-10(14)7(2)8-3-4-9(11)15-8/h3-4,6-7H,5,12H2,1-2H3,(H,13,14)/t6-,7?/m0/s1. The highest BCUT2D eigenvalue weighted by atomic mass is 35.5. The Morgan fingerprint density at radius 1 is 1.60 bits per heavy atom. The summed E-state index contributed by atoms with van der Waals surface area (Å²) in [6.07, 6.45) is 0. The van der Waals surface area contributed by atoms with Gasteiger partial charge in [-0.25, -0.2) is 0 Å². The van der Waals surface area contributed by atoms with Gasteiger partial charge in [-0.05, 0) is 26.0 Å². The molecule has 0 saturated heterocycles. The van der Waals surface area contributed by atoms with Crippen LogP contribution in [0.4, 0.5) is 0 Å². The molecule has 1 aromatic rings. The molecule has 15 heavy (non-hydrogen) atoms. The molecule has 0 fully saturated rings. The Balaban J connectivity index is 2.60. The van der Waals surface area contributed by atoms with Crippen LogP contribution < -0.4 is 11.1 Å². The number of halogens is 1. The van der Waals surface area contributed by atoms with E-state index in [2.05, 4.69) is 5.32 Å². The van der Waals surface area contributed by atoms with Gasteiger partial charge in [-0.1, -0.05) is 11.6 Å². The number of carbonyl (C=O) groups excluding carboxylic acids is 1. The summed E-state index contributed by atoms with van der Waals surface area (Å²) >= 11 is 7.24. The molecule has 1 aromatic heterocycles. The van der Waals surface area contributed by atoms with Gasteiger partial charge in [0.2, 0.25) is 5.91 Å². The second-order valence-corrected chi connectivity index (χ2v) is 5.26. The minimum Gasteiger partial charge on any atom is -0.352 e. The Morgan fingerprint density at radius 3 is 2.73 bits per heavy atom. The van der Waals surface area contributed by atoms with E-state index in [0.29, 0.717) is 10.9 Å². The zero-order chi connectivity index (χ0) is 11.4. The molecule has 0 aromatic carbocycles. The van der Waals surface area contributed by atoms with Gasteiger partial charge in [-0.15, -0.1) is 11.3 Å². The van der Waals surface area contributed by atoms with Gasteiger partial charge in [0.05, 0.1) is 10.3 Å². The van der Waals surface area contributed by atoms with Gasteiger partial charge in [0, 0.05) is 17.5 Å². The average Bonchev–Trinajstić information content (AvgIpc) is 2.63. The van der Waals surface area contributed by atoms with Crippen LogP contribution >= 0.6 is 22.9 Å². The molecule has 1 rings (SSSR count). The monoisotopic (exact) mass is 246 g/mol. The third-order valence-electron chi connectivity index (χ3n) is 2.16. The highest BCUT2D eigenvalue weighted by molar-refractivity contribution is 7.16. The lowest BCUT2D eigenvalue weighted by molar-refractivity contribution is -0.122. The maximum Gasteiger partial charge on any atom is 0.228 e. The molecule has 0 spiro atoms. The predicted octanol–water partition coefficient (Wildman–Crippen LogP) is 1.97. The number of thiophene rings is 1. The fourth-order valence-electron chi connectivity index (χ4n) is 1.12. The molecule has 3 N–H and O–H groups in total. The van der Waals surface area contributed by atoms with E-state index < -0.39 is 0 Å². The van der Waals surface area contributed by atoms with Gasteiger partial charge in [-0.3, -0.25) is 4.79 Å². The first-order chi connectivity index (χ1) is 7.04. The van der Waals surface area contributed by atoms with Crippen molar-refractivity contribution in [1.82, 2.24) is 5.32 Å². The lowest BCUT2D eigenvalue weighted by Gasteiger charge is -2.14. The zero-order valence-electron chi connectivity index (χ0n) is 8.79. The van der Waals surface area contributed by atoms with Crippen LogP contribution in [-0.2, 0) is 4.79 Å². The van der Waals surface area contributed by atoms with E-state index in [1.54, 1.807) is 6.07 Å². The summed E-state index contributed by atoms with van der Waals surface area (Å²) in [5, 5.41) is 2.84. The SMILES string of the molecule is CC(C(=O)N[C@@H](C)CN)c1ccc(Cl)s1. The third kappa shape index (κ3) is 3.48. The molecule has 0 radical (unpaired) electrons. The zero-order valence-corrected chi connectivity index (χ0v) is 10.4. The van der Waals surface area contributed by atoms with Crippen molar-refractivity contribution in [3.8, 4) is 0 Å². The Bertz CT molecular complexity index is 340. The molecule has 1 heterocycles. The normalized spacial score (nSPS) is 14.7. The van der Waals surface area contributed by atoms with Gasteiger partial charge < -0.3 is 11.1 Å². The Morgan fingerprint density at radius 2 is 2.27 bits per heavy atom. The van der Waals surface area contributed by atoms with E-state index in [0.717, 1.165) is 4.88 Å². The molecule has 0 aliphatic carbocycles. The first-order valence-corrected chi connectivity index (χ1v) is 5.99. The van der Waals surface area contributed by atoms with Gasteiger partial charge in [0.15, 0.2) is 0 Å². The van der Waals surface area contributed by atoms with E-state index in [-0.39, 0.29) is 17.9 Å². The average molecular weight is 247 g/mol. The maximum atomic E-state index is 11.7. The van der Waals surface area contributed by atoms with Crippen molar-refractivity contribution in [2.75, 3.05) is 6.54 Å². The number of nitrogens with one attached hydrogen (secondary N) is 1. The van der Waals surface area contributed by atoms with Gasteiger partial charge in [0.25, 0.3) is 0 Å². The van der Waals surface area contributed by atoms with Crippen molar-refractivity contribution in [3.05, 3.63) is 21.3 Å². The Labute approximate surface area is 98.6 Å². The molecule has 0 aliphatic heterocycles. The summed E-state index contributed by atoms with van der Waals surface area (Å²) in [6, 6.07) is 3.69. The number of carbonyl (C=O) groups is 1. The van der Waals surface area contributed by atoms with Crippen LogP contribution in [0.5, 0.6) is 0 Å². The summed E-state index contributed by atoms with van der Waals surface area (Å²) in [5.74, 6) is -0.178. The largest absolute Gasteiger partial charge is 0.352 e. The Hall–Kier alpha value is -0.580. The van der Waals surface area contributed by atoms with E-state index in [4.69, 9.17) is 17.3 Å². The van der Waals surface area contributed by atoms with Gasteiger partial charge in [-0.2, -0.15) is 0 Å². The maximum absolute atomic E-state index is 11.7. The van der Waals surface area contributed by atoms with Crippen molar-refractivity contribution < 1.29 is 4.79 Å². The van der Waals surface area contributed by atoms with Crippen LogP contribution in [0, 0.1) is 0 Å². The van der Waals surface area contributed by atoms with Crippen LogP contribution in [0.25, 0.3) is 0 Å². The van der Waals surface area contributed by atoms with E-state index in [1.165, 1.54) is 11.3 Å². The first-order valence-electron chi connectivity index (χ1n) is 4.80. The van der Waals surface area contributed by atoms with Crippen LogP contribution in [0.1, 0.15) is 24.6 Å². The van der Waals surface area contributed by atoms with Crippen molar-refractivity contribution in [2.45, 2.75) is 25.8 Å². The number of rotatable bonds is 4. The molecule has 5 heteroatoms. The van der Waals surface area contributed by atoms with Crippen LogP contribution in [0.3, 0.4) is 0 Å². The summed E-state index contributed by atoms with van der Waals surface area (Å²) in [5.41, 5.74) is 5.43. The topological polar surface area (TPSA) is 55.1 Å². The molecular formula is C10H15ClN2OS. The van der Waals surface area contributed by atoms with Crippen molar-refractivity contribution in [2.24, 2.45) is 5.73 Å². The third-order valence-corrected chi connectivity index (χ3v) is 3.57. The minimum absolute atomic E-state index is 0.00790. The van der Waals surface area contributed by atoms with Crippen molar-refractivity contribution >= 4 is 28.8 Å². The molecule has 0 bridgehead atoms. The number of nitrogens with two attached hydrogens (primary N) is 1. The smallest absolute Gasteiger partial charge is 0.228 e. The van der Waals surface area contributed by atoms with E-state index in [1.807, 2.05) is 19.9 Å². The molecular weight excluding hydrogens is 232 g/mol. The summed E-state index contributed by atoms with van der Waals surface area (Å²) < 4.78 is 0.705. The molecule has 0 saturated carbocycles. The van der Waals surface area contributed by atoms with Crippen molar-refractivity contribution in [3.63, 3.8) is 0 Å². The molecule has 84 valence electrons. The lowest BCUT2D eigenvalue weighted by atomic mass is 10.1. The van der Waals surface area contributed by atoms with Gasteiger partial charge >= 0.3 is 0 Å². The lowest BCUT2D eigenvalue weighted by Crippen LogP contribution is -2.39. The second-order valence-electron chi connectivity index (χ2n) is 3.51. The van der Waals surface area contributed by atoms with Gasteiger partial charge in [0.1, 0.15) is 0 Å². The summed E-state index contributed by atoms with van der Waals surface area (Å²) in [4.78, 5) is 12.7. The summed E-state index contributed by atoms with van der Waals surface area (Å²) in [7, 11) is 0. The quantitative estimate of drug-likeness (QED) is 0.854. The summed E-state index contributed by atoms with van der Waals surface area (Å²) in [6.45, 7) is 4.19. The highest BCUT2D eigenvalue weighted by Gasteiger charge is 2.18.